The quantitative estimate of drug-likeness (QED) is 0.899. The first-order valence-electron chi connectivity index (χ1n) is 6.07. The molecule has 0 spiro atoms. The van der Waals surface area contributed by atoms with Crippen LogP contribution in [0.4, 0.5) is 19.0 Å². The van der Waals surface area contributed by atoms with E-state index >= 15 is 0 Å². The molecule has 0 radical (unpaired) electrons. The Balaban J connectivity index is 2.08. The summed E-state index contributed by atoms with van der Waals surface area (Å²) in [6.07, 6.45) is -4.21. The van der Waals surface area contributed by atoms with Crippen LogP contribution in [-0.2, 0) is 6.18 Å². The molecule has 1 aromatic carbocycles. The lowest BCUT2D eigenvalue weighted by Crippen LogP contribution is -2.17. The minimum atomic E-state index is -4.50. The Morgan fingerprint density at radius 2 is 1.86 bits per heavy atom. The van der Waals surface area contributed by atoms with Crippen molar-refractivity contribution < 1.29 is 18.3 Å². The van der Waals surface area contributed by atoms with Gasteiger partial charge in [0.2, 0.25) is 0 Å². The molecule has 7 heteroatoms. The van der Waals surface area contributed by atoms with Gasteiger partial charge in [-0.25, -0.2) is 4.98 Å². The molecule has 0 aliphatic carbocycles. The maximum Gasteiger partial charge on any atom is 0.419 e. The smallest absolute Gasteiger partial charge is 0.387 e. The molecule has 0 saturated heterocycles. The number of benzene rings is 1. The summed E-state index contributed by atoms with van der Waals surface area (Å²) in [6.45, 7) is -0.0955. The maximum atomic E-state index is 12.8. The number of halogens is 4. The number of hydrogen-bond donors (Lipinski definition) is 2. The molecular weight excluding hydrogens is 305 g/mol. The lowest BCUT2D eigenvalue weighted by Gasteiger charge is -2.16. The Morgan fingerprint density at radius 1 is 1.19 bits per heavy atom. The van der Waals surface area contributed by atoms with Crippen LogP contribution in [0.2, 0.25) is 5.02 Å². The number of nitrogens with one attached hydrogen (secondary N) is 1. The molecule has 1 heterocycles. The second-order valence-electron chi connectivity index (χ2n) is 4.35. The van der Waals surface area contributed by atoms with E-state index in [9.17, 15) is 18.3 Å². The summed E-state index contributed by atoms with van der Waals surface area (Å²) in [4.78, 5) is 3.66. The van der Waals surface area contributed by atoms with Crippen LogP contribution in [0.25, 0.3) is 0 Å². The minimum absolute atomic E-state index is 0.0955. The fourth-order valence-electron chi connectivity index (χ4n) is 1.77. The third kappa shape index (κ3) is 4.09. The summed E-state index contributed by atoms with van der Waals surface area (Å²) in [5.41, 5.74) is -0.315. The summed E-state index contributed by atoms with van der Waals surface area (Å²) in [6, 6.07) is 8.56. The lowest BCUT2D eigenvalue weighted by molar-refractivity contribution is -0.137. The molecule has 0 amide bonds. The Morgan fingerprint density at radius 3 is 2.48 bits per heavy atom. The van der Waals surface area contributed by atoms with Crippen LogP contribution in [0.5, 0.6) is 0 Å². The van der Waals surface area contributed by atoms with E-state index in [0.717, 1.165) is 6.07 Å². The van der Waals surface area contributed by atoms with Crippen molar-refractivity contribution in [2.24, 2.45) is 0 Å². The van der Waals surface area contributed by atoms with E-state index in [-0.39, 0.29) is 12.4 Å². The highest BCUT2D eigenvalue weighted by molar-refractivity contribution is 6.30. The average molecular weight is 317 g/mol. The van der Waals surface area contributed by atoms with Crippen LogP contribution in [0.1, 0.15) is 17.2 Å². The number of hydrogen-bond acceptors (Lipinski definition) is 3. The van der Waals surface area contributed by atoms with Gasteiger partial charge in [0.25, 0.3) is 0 Å². The summed E-state index contributed by atoms with van der Waals surface area (Å²) in [7, 11) is 0. The first kappa shape index (κ1) is 15.6. The number of anilines is 1. The summed E-state index contributed by atoms with van der Waals surface area (Å²) >= 11 is 5.73. The molecule has 0 aliphatic rings. The van der Waals surface area contributed by atoms with Crippen LogP contribution in [0.3, 0.4) is 0 Å². The minimum Gasteiger partial charge on any atom is -0.387 e. The predicted molar refractivity (Wildman–Crippen MR) is 74.1 cm³/mol. The number of pyridine rings is 1. The monoisotopic (exact) mass is 316 g/mol. The third-order valence-electron chi connectivity index (χ3n) is 2.83. The van der Waals surface area contributed by atoms with Crippen molar-refractivity contribution in [3.8, 4) is 0 Å². The van der Waals surface area contributed by atoms with E-state index in [1.54, 1.807) is 24.3 Å². The van der Waals surface area contributed by atoms with E-state index in [1.165, 1.54) is 12.3 Å². The Bertz CT molecular complexity index is 602. The van der Waals surface area contributed by atoms with Crippen LogP contribution in [0, 0.1) is 0 Å². The first-order valence-corrected chi connectivity index (χ1v) is 6.45. The predicted octanol–water partition coefficient (Wildman–Crippen LogP) is 3.90. The molecule has 2 rings (SSSR count). The topological polar surface area (TPSA) is 45.1 Å². The fourth-order valence-corrected chi connectivity index (χ4v) is 1.90. The molecule has 0 aliphatic heterocycles. The largest absolute Gasteiger partial charge is 0.419 e. The van der Waals surface area contributed by atoms with Crippen molar-refractivity contribution in [2.75, 3.05) is 11.9 Å². The van der Waals surface area contributed by atoms with Crippen molar-refractivity contribution in [2.45, 2.75) is 12.3 Å². The van der Waals surface area contributed by atoms with Gasteiger partial charge >= 0.3 is 6.18 Å². The van der Waals surface area contributed by atoms with Crippen molar-refractivity contribution in [3.05, 3.63) is 58.7 Å². The van der Waals surface area contributed by atoms with Gasteiger partial charge in [0.05, 0.1) is 11.7 Å². The number of aliphatic hydroxyl groups excluding tert-OH is 1. The molecule has 2 N–H and O–H groups in total. The summed E-state index contributed by atoms with van der Waals surface area (Å²) in [5, 5.41) is 13.0. The van der Waals surface area contributed by atoms with Gasteiger partial charge in [-0.2, -0.15) is 13.2 Å². The molecular formula is C14H12ClF3N2O. The number of aromatic nitrogens is 1. The zero-order chi connectivity index (χ0) is 15.5. The Labute approximate surface area is 124 Å². The molecule has 1 aromatic heterocycles. The summed E-state index contributed by atoms with van der Waals surface area (Å²) in [5.74, 6) is -0.307. The standard InChI is InChI=1S/C14H12ClF3N2O/c15-10-5-3-9(4-6-10)12(21)8-20-13-11(14(16,17)18)2-1-7-19-13/h1-7,12,21H,8H2,(H,19,20)/t12-/m1/s1. The van der Waals surface area contributed by atoms with Crippen LogP contribution in [-0.4, -0.2) is 16.6 Å². The van der Waals surface area contributed by atoms with Gasteiger partial charge in [-0.1, -0.05) is 23.7 Å². The van der Waals surface area contributed by atoms with Gasteiger partial charge in [-0.15, -0.1) is 0 Å². The van der Waals surface area contributed by atoms with Crippen molar-refractivity contribution >= 4 is 17.4 Å². The Hall–Kier alpha value is -1.79. The van der Waals surface area contributed by atoms with Gasteiger partial charge in [0.1, 0.15) is 5.82 Å². The molecule has 2 aromatic rings. The second kappa shape index (κ2) is 6.32. The summed E-state index contributed by atoms with van der Waals surface area (Å²) < 4.78 is 38.3. The SMILES string of the molecule is O[C@H](CNc1ncccc1C(F)(F)F)c1ccc(Cl)cc1. The van der Waals surface area contributed by atoms with Gasteiger partial charge in [0.15, 0.2) is 0 Å². The number of alkyl halides is 3. The van der Waals surface area contributed by atoms with Crippen molar-refractivity contribution in [1.29, 1.82) is 0 Å². The second-order valence-corrected chi connectivity index (χ2v) is 4.78. The van der Waals surface area contributed by atoms with E-state index in [2.05, 4.69) is 10.3 Å². The van der Waals surface area contributed by atoms with Crippen molar-refractivity contribution in [3.63, 3.8) is 0 Å². The molecule has 0 saturated carbocycles. The van der Waals surface area contributed by atoms with Crippen LogP contribution in [0.15, 0.2) is 42.6 Å². The average Bonchev–Trinajstić information content (AvgIpc) is 2.45. The molecule has 0 unspecified atom stereocenters. The molecule has 112 valence electrons. The third-order valence-corrected chi connectivity index (χ3v) is 3.08. The van der Waals surface area contributed by atoms with E-state index in [0.29, 0.717) is 10.6 Å². The van der Waals surface area contributed by atoms with E-state index in [1.807, 2.05) is 0 Å². The van der Waals surface area contributed by atoms with Crippen LogP contribution < -0.4 is 5.32 Å². The fraction of sp³-hybridized carbons (Fsp3) is 0.214. The zero-order valence-corrected chi connectivity index (χ0v) is 11.5. The molecule has 0 fully saturated rings. The molecule has 21 heavy (non-hydrogen) atoms. The lowest BCUT2D eigenvalue weighted by atomic mass is 10.1. The highest BCUT2D eigenvalue weighted by Crippen LogP contribution is 2.33. The highest BCUT2D eigenvalue weighted by atomic mass is 35.5. The van der Waals surface area contributed by atoms with Gasteiger partial charge in [0, 0.05) is 17.8 Å². The zero-order valence-electron chi connectivity index (χ0n) is 10.7. The number of nitrogens with zero attached hydrogens (tertiary/aromatic N) is 1. The number of rotatable bonds is 4. The first-order chi connectivity index (χ1) is 9.88. The van der Waals surface area contributed by atoms with Gasteiger partial charge in [-0.3, -0.25) is 0 Å². The van der Waals surface area contributed by atoms with E-state index < -0.39 is 17.8 Å². The molecule has 0 bridgehead atoms. The highest BCUT2D eigenvalue weighted by Gasteiger charge is 2.34. The van der Waals surface area contributed by atoms with Gasteiger partial charge in [-0.05, 0) is 29.8 Å². The number of aliphatic hydroxyl groups is 1. The van der Waals surface area contributed by atoms with E-state index in [4.69, 9.17) is 11.6 Å². The Kier molecular flexibility index (Phi) is 4.69. The van der Waals surface area contributed by atoms with Gasteiger partial charge < -0.3 is 10.4 Å². The van der Waals surface area contributed by atoms with Crippen LogP contribution >= 0.6 is 11.6 Å². The maximum absolute atomic E-state index is 12.8. The normalized spacial score (nSPS) is 13.0. The molecule has 3 nitrogen and oxygen atoms in total. The molecule has 1 atom stereocenters. The van der Waals surface area contributed by atoms with Crippen molar-refractivity contribution in [1.82, 2.24) is 4.98 Å².